The van der Waals surface area contributed by atoms with Gasteiger partial charge in [-0.05, 0) is 29.8 Å². The van der Waals surface area contributed by atoms with Crippen molar-refractivity contribution in [2.75, 3.05) is 6.61 Å². The quantitative estimate of drug-likeness (QED) is 0.871. The number of ether oxygens (including phenoxy) is 1. The Balaban J connectivity index is 2.00. The second kappa shape index (κ2) is 7.68. The molecule has 0 heterocycles. The number of rotatable bonds is 4. The number of hydrogen-bond acceptors (Lipinski definition) is 2. The van der Waals surface area contributed by atoms with Crippen molar-refractivity contribution >= 4 is 11.6 Å². The van der Waals surface area contributed by atoms with Gasteiger partial charge in [0.1, 0.15) is 6.61 Å². The molecular weight excluding hydrogens is 291 g/mol. The lowest BCUT2D eigenvalue weighted by atomic mass is 10.1. The summed E-state index contributed by atoms with van der Waals surface area (Å²) < 4.78 is 19.0. The maximum absolute atomic E-state index is 13.5. The highest BCUT2D eigenvalue weighted by Crippen LogP contribution is 2.27. The van der Waals surface area contributed by atoms with Gasteiger partial charge in [0.05, 0.1) is 11.6 Å². The second-order valence-corrected chi connectivity index (χ2v) is 4.72. The average molecular weight is 305 g/mol. The third kappa shape index (κ3) is 4.49. The van der Waals surface area contributed by atoms with E-state index in [0.29, 0.717) is 6.42 Å². The first-order valence-electron chi connectivity index (χ1n) is 6.46. The lowest BCUT2D eigenvalue weighted by Gasteiger charge is -2.09. The van der Waals surface area contributed by atoms with Crippen LogP contribution in [0.4, 0.5) is 4.39 Å². The molecule has 4 heteroatoms. The van der Waals surface area contributed by atoms with Crippen LogP contribution >= 0.6 is 11.6 Å². The van der Waals surface area contributed by atoms with Crippen molar-refractivity contribution in [3.8, 4) is 17.6 Å². The van der Waals surface area contributed by atoms with Gasteiger partial charge in [-0.1, -0.05) is 41.6 Å². The molecule has 0 amide bonds. The summed E-state index contributed by atoms with van der Waals surface area (Å²) in [7, 11) is 0. The molecule has 1 N–H and O–H groups in total. The maximum Gasteiger partial charge on any atom is 0.174 e. The Morgan fingerprint density at radius 1 is 1.14 bits per heavy atom. The molecule has 2 rings (SSSR count). The predicted octanol–water partition coefficient (Wildman–Crippen LogP) is 3.79. The summed E-state index contributed by atoms with van der Waals surface area (Å²) in [5, 5.41) is 8.90. The van der Waals surface area contributed by atoms with Gasteiger partial charge >= 0.3 is 0 Å². The van der Waals surface area contributed by atoms with Crippen LogP contribution in [0.1, 0.15) is 17.5 Å². The van der Waals surface area contributed by atoms with Gasteiger partial charge in [-0.2, -0.15) is 0 Å². The van der Waals surface area contributed by atoms with E-state index in [1.165, 1.54) is 12.1 Å². The first-order chi connectivity index (χ1) is 10.2. The summed E-state index contributed by atoms with van der Waals surface area (Å²) in [6, 6.07) is 11.8. The highest BCUT2D eigenvalue weighted by Gasteiger charge is 2.07. The Labute approximate surface area is 128 Å². The van der Waals surface area contributed by atoms with E-state index < -0.39 is 5.82 Å². The van der Waals surface area contributed by atoms with E-state index in [-0.39, 0.29) is 24.0 Å². The average Bonchev–Trinajstić information content (AvgIpc) is 2.48. The Hall–Kier alpha value is -2.02. The molecule has 0 aliphatic carbocycles. The van der Waals surface area contributed by atoms with Crippen LogP contribution in [-0.2, 0) is 6.61 Å². The van der Waals surface area contributed by atoms with Crippen molar-refractivity contribution < 1.29 is 14.2 Å². The highest BCUT2D eigenvalue weighted by molar-refractivity contribution is 6.32. The third-order valence-corrected chi connectivity index (χ3v) is 3.02. The van der Waals surface area contributed by atoms with Gasteiger partial charge in [-0.15, -0.1) is 0 Å². The van der Waals surface area contributed by atoms with Crippen molar-refractivity contribution in [3.63, 3.8) is 0 Å². The van der Waals surface area contributed by atoms with E-state index >= 15 is 0 Å². The zero-order chi connectivity index (χ0) is 15.1. The van der Waals surface area contributed by atoms with E-state index in [0.717, 1.165) is 11.1 Å². The Morgan fingerprint density at radius 3 is 2.57 bits per heavy atom. The van der Waals surface area contributed by atoms with E-state index in [2.05, 4.69) is 11.8 Å². The molecule has 0 radical (unpaired) electrons. The van der Waals surface area contributed by atoms with Crippen molar-refractivity contribution in [2.24, 2.45) is 0 Å². The fourth-order valence-electron chi connectivity index (χ4n) is 1.68. The molecule has 0 saturated carbocycles. The molecule has 2 aromatic carbocycles. The first kappa shape index (κ1) is 15.4. The van der Waals surface area contributed by atoms with Crippen molar-refractivity contribution in [3.05, 3.63) is 64.4 Å². The van der Waals surface area contributed by atoms with Crippen LogP contribution in [0, 0.1) is 17.7 Å². The molecule has 0 aliphatic heterocycles. The van der Waals surface area contributed by atoms with E-state index in [9.17, 15) is 4.39 Å². The minimum atomic E-state index is -0.478. The lowest BCUT2D eigenvalue weighted by molar-refractivity contribution is 0.290. The van der Waals surface area contributed by atoms with E-state index in [4.69, 9.17) is 21.4 Å². The SMILES string of the molecule is OCCC#Cc1ccc(COc2c(F)cccc2Cl)cc1. The largest absolute Gasteiger partial charge is 0.484 e. The monoisotopic (exact) mass is 304 g/mol. The molecule has 0 aliphatic rings. The van der Waals surface area contributed by atoms with Crippen LogP contribution in [0.3, 0.4) is 0 Å². The zero-order valence-electron chi connectivity index (χ0n) is 11.3. The number of halogens is 2. The van der Waals surface area contributed by atoms with E-state index in [1.807, 2.05) is 24.3 Å². The Morgan fingerprint density at radius 2 is 1.90 bits per heavy atom. The normalized spacial score (nSPS) is 9.86. The number of aliphatic hydroxyl groups excluding tert-OH is 1. The summed E-state index contributed by atoms with van der Waals surface area (Å²) in [6.07, 6.45) is 0.455. The van der Waals surface area contributed by atoms with Gasteiger partial charge in [0.2, 0.25) is 0 Å². The fourth-order valence-corrected chi connectivity index (χ4v) is 1.90. The molecule has 0 spiro atoms. The molecule has 108 valence electrons. The molecule has 2 aromatic rings. The molecular formula is C17H14ClFO2. The number of para-hydroxylation sites is 1. The molecule has 21 heavy (non-hydrogen) atoms. The summed E-state index contributed by atoms with van der Waals surface area (Å²) in [6.45, 7) is 0.285. The van der Waals surface area contributed by atoms with Gasteiger partial charge in [-0.25, -0.2) is 4.39 Å². The predicted molar refractivity (Wildman–Crippen MR) is 80.8 cm³/mol. The van der Waals surface area contributed by atoms with Crippen LogP contribution in [0.5, 0.6) is 5.75 Å². The topological polar surface area (TPSA) is 29.5 Å². The van der Waals surface area contributed by atoms with Crippen molar-refractivity contribution in [1.82, 2.24) is 0 Å². The summed E-state index contributed by atoms with van der Waals surface area (Å²) in [5.41, 5.74) is 1.75. The highest BCUT2D eigenvalue weighted by atomic mass is 35.5. The summed E-state index contributed by atoms with van der Waals surface area (Å²) in [4.78, 5) is 0. The minimum absolute atomic E-state index is 0.0579. The number of aliphatic hydroxyl groups is 1. The fraction of sp³-hybridized carbons (Fsp3) is 0.176. The zero-order valence-corrected chi connectivity index (χ0v) is 12.0. The first-order valence-corrected chi connectivity index (χ1v) is 6.84. The third-order valence-electron chi connectivity index (χ3n) is 2.73. The van der Waals surface area contributed by atoms with Crippen LogP contribution in [-0.4, -0.2) is 11.7 Å². The standard InChI is InChI=1S/C17H14ClFO2/c18-15-5-3-6-16(19)17(15)21-12-14-9-7-13(8-10-14)4-1-2-11-20/h3,5-10,20H,2,11-12H2. The van der Waals surface area contributed by atoms with Gasteiger partial charge in [0, 0.05) is 12.0 Å². The molecule has 0 fully saturated rings. The maximum atomic E-state index is 13.5. The van der Waals surface area contributed by atoms with Crippen molar-refractivity contribution in [2.45, 2.75) is 13.0 Å². The number of benzene rings is 2. The van der Waals surface area contributed by atoms with Crippen LogP contribution in [0.2, 0.25) is 5.02 Å². The summed E-state index contributed by atoms with van der Waals surface area (Å²) >= 11 is 5.89. The van der Waals surface area contributed by atoms with Crippen LogP contribution < -0.4 is 4.74 Å². The molecule has 2 nitrogen and oxygen atoms in total. The minimum Gasteiger partial charge on any atom is -0.484 e. The molecule has 0 atom stereocenters. The van der Waals surface area contributed by atoms with Gasteiger partial charge < -0.3 is 9.84 Å². The molecule has 0 unspecified atom stereocenters. The Bertz CT molecular complexity index is 636. The van der Waals surface area contributed by atoms with Gasteiger partial charge in [-0.3, -0.25) is 0 Å². The van der Waals surface area contributed by atoms with Gasteiger partial charge in [0.25, 0.3) is 0 Å². The molecule has 0 bridgehead atoms. The van der Waals surface area contributed by atoms with Crippen LogP contribution in [0.25, 0.3) is 0 Å². The lowest BCUT2D eigenvalue weighted by Crippen LogP contribution is -1.98. The van der Waals surface area contributed by atoms with Gasteiger partial charge in [0.15, 0.2) is 11.6 Å². The van der Waals surface area contributed by atoms with Crippen LogP contribution in [0.15, 0.2) is 42.5 Å². The second-order valence-electron chi connectivity index (χ2n) is 4.31. The van der Waals surface area contributed by atoms with Crippen molar-refractivity contribution in [1.29, 1.82) is 0 Å². The smallest absolute Gasteiger partial charge is 0.174 e. The molecule has 0 saturated heterocycles. The number of hydrogen-bond donors (Lipinski definition) is 1. The van der Waals surface area contributed by atoms with E-state index in [1.54, 1.807) is 6.07 Å². The Kier molecular flexibility index (Phi) is 5.62. The molecule has 0 aromatic heterocycles. The summed E-state index contributed by atoms with van der Waals surface area (Å²) in [5.74, 6) is 5.36.